The average molecular weight is 717 g/mol. The first-order valence-electron chi connectivity index (χ1n) is 18.2. The average Bonchev–Trinajstić information content (AvgIpc) is 3.12. The topological polar surface area (TPSA) is 93.7 Å². The Morgan fingerprint density at radius 2 is 1.16 bits per heavy atom. The summed E-state index contributed by atoms with van der Waals surface area (Å²) < 4.78 is 11.5. The summed E-state index contributed by atoms with van der Waals surface area (Å²) in [6, 6.07) is 13.4. The number of unbranched alkanes of at least 4 members (excludes halogenated alkanes) is 3. The van der Waals surface area contributed by atoms with Crippen molar-refractivity contribution in [3.05, 3.63) is 125 Å². The van der Waals surface area contributed by atoms with E-state index in [4.69, 9.17) is 21.1 Å². The molecule has 0 atom stereocenters. The van der Waals surface area contributed by atoms with Gasteiger partial charge in [-0.2, -0.15) is 0 Å². The lowest BCUT2D eigenvalue weighted by molar-refractivity contribution is -0.134. The van der Waals surface area contributed by atoms with Gasteiger partial charge in [0.25, 0.3) is 5.91 Å². The highest BCUT2D eigenvalue weighted by atomic mass is 35.5. The predicted octanol–water partition coefficient (Wildman–Crippen LogP) is 9.68. The monoisotopic (exact) mass is 716 g/mol. The Morgan fingerprint density at radius 1 is 0.667 bits per heavy atom. The Hall–Kier alpha value is -4.20. The van der Waals surface area contributed by atoms with Crippen LogP contribution in [0, 0.1) is 0 Å². The molecule has 51 heavy (non-hydrogen) atoms. The number of carbonyl (C=O) groups is 3. The van der Waals surface area contributed by atoms with Gasteiger partial charge in [0.2, 0.25) is 5.91 Å². The van der Waals surface area contributed by atoms with Crippen molar-refractivity contribution in [1.29, 1.82) is 0 Å². The van der Waals surface area contributed by atoms with Gasteiger partial charge in [-0.05, 0) is 120 Å². The molecule has 276 valence electrons. The van der Waals surface area contributed by atoms with Crippen molar-refractivity contribution in [3.8, 4) is 5.75 Å². The molecule has 0 aliphatic rings. The van der Waals surface area contributed by atoms with Crippen LogP contribution in [0.3, 0.4) is 0 Å². The molecule has 2 rings (SSSR count). The molecule has 0 heterocycles. The molecule has 0 aromatic heterocycles. The zero-order chi connectivity index (χ0) is 37.0. The summed E-state index contributed by atoms with van der Waals surface area (Å²) in [5.74, 6) is 0.0381. The first-order valence-corrected chi connectivity index (χ1v) is 18.6. The van der Waals surface area contributed by atoms with E-state index in [1.807, 2.05) is 6.08 Å². The maximum Gasteiger partial charge on any atom is 0.263 e. The highest BCUT2D eigenvalue weighted by Gasteiger charge is 2.29. The van der Waals surface area contributed by atoms with Gasteiger partial charge in [-0.15, -0.1) is 0 Å². The van der Waals surface area contributed by atoms with Crippen LogP contribution < -0.4 is 15.4 Å². The zero-order valence-electron chi connectivity index (χ0n) is 30.7. The fourth-order valence-electron chi connectivity index (χ4n) is 4.76. The van der Waals surface area contributed by atoms with E-state index < -0.39 is 5.60 Å². The first-order chi connectivity index (χ1) is 24.7. The fraction of sp³-hybridized carbons (Fsp3) is 0.419. The molecule has 0 fully saturated rings. The first kappa shape index (κ1) is 43.0. The van der Waals surface area contributed by atoms with Crippen molar-refractivity contribution in [3.63, 3.8) is 0 Å². The van der Waals surface area contributed by atoms with E-state index in [0.717, 1.165) is 38.5 Å². The molecule has 0 bridgehead atoms. The van der Waals surface area contributed by atoms with Crippen molar-refractivity contribution in [2.45, 2.75) is 90.6 Å². The highest BCUT2D eigenvalue weighted by Crippen LogP contribution is 2.21. The number of allylic oxidation sites excluding steroid dienone is 10. The normalized spacial score (nSPS) is 12.2. The van der Waals surface area contributed by atoms with E-state index in [9.17, 15) is 14.4 Å². The quantitative estimate of drug-likeness (QED) is 0.0575. The van der Waals surface area contributed by atoms with Crippen LogP contribution in [-0.4, -0.2) is 49.5 Å². The van der Waals surface area contributed by atoms with Gasteiger partial charge in [-0.3, -0.25) is 14.4 Å². The van der Waals surface area contributed by atoms with Crippen molar-refractivity contribution in [2.75, 3.05) is 26.3 Å². The van der Waals surface area contributed by atoms with Crippen LogP contribution >= 0.6 is 11.6 Å². The van der Waals surface area contributed by atoms with Crippen LogP contribution in [0.25, 0.3) is 0 Å². The van der Waals surface area contributed by atoms with Crippen molar-refractivity contribution in [1.82, 2.24) is 10.6 Å². The van der Waals surface area contributed by atoms with E-state index in [1.54, 1.807) is 62.4 Å². The number of nitrogens with one attached hydrogen (secondary N) is 2. The van der Waals surface area contributed by atoms with E-state index >= 15 is 0 Å². The SMILES string of the molecule is CC/C=C\C/C=C\C/C=C\CCCC/C=C\C/C=C\CCC(=O)NCCOCCNC(=O)C(C)(C)Oc1ccc(C(=O)c2ccc(Cl)cc2)cc1. The zero-order valence-corrected chi connectivity index (χ0v) is 31.5. The van der Waals surface area contributed by atoms with Gasteiger partial charge in [0.05, 0.1) is 13.2 Å². The molecule has 0 aliphatic heterocycles. The lowest BCUT2D eigenvalue weighted by atomic mass is 10.0. The van der Waals surface area contributed by atoms with Gasteiger partial charge in [0.15, 0.2) is 11.4 Å². The van der Waals surface area contributed by atoms with E-state index in [2.05, 4.69) is 72.2 Å². The Labute approximate surface area is 310 Å². The van der Waals surface area contributed by atoms with Gasteiger partial charge >= 0.3 is 0 Å². The van der Waals surface area contributed by atoms with Gasteiger partial charge in [0.1, 0.15) is 5.75 Å². The number of rotatable bonds is 26. The molecular formula is C43H57ClN2O5. The van der Waals surface area contributed by atoms with Crippen molar-refractivity contribution < 1.29 is 23.9 Å². The molecule has 7 nitrogen and oxygen atoms in total. The number of hydrogen-bond acceptors (Lipinski definition) is 5. The lowest BCUT2D eigenvalue weighted by Gasteiger charge is -2.25. The van der Waals surface area contributed by atoms with Crippen LogP contribution in [0.5, 0.6) is 5.75 Å². The summed E-state index contributed by atoms with van der Waals surface area (Å²) in [6.07, 6.45) is 31.8. The summed E-state index contributed by atoms with van der Waals surface area (Å²) in [7, 11) is 0. The second kappa shape index (κ2) is 26.6. The predicted molar refractivity (Wildman–Crippen MR) is 210 cm³/mol. The summed E-state index contributed by atoms with van der Waals surface area (Å²) in [5, 5.41) is 6.24. The molecule has 0 radical (unpaired) electrons. The molecule has 0 spiro atoms. The summed E-state index contributed by atoms with van der Waals surface area (Å²) in [5.41, 5.74) is -0.0931. The second-order valence-corrected chi connectivity index (χ2v) is 12.9. The minimum atomic E-state index is -1.14. The molecule has 2 N–H and O–H groups in total. The molecule has 0 aliphatic carbocycles. The second-order valence-electron chi connectivity index (χ2n) is 12.5. The molecule has 0 saturated heterocycles. The minimum absolute atomic E-state index is 0.0115. The van der Waals surface area contributed by atoms with Gasteiger partial charge < -0.3 is 20.1 Å². The standard InChI is InChI=1S/C43H57ClN2O5/c1-4-5-6-7-8-9-10-11-12-13-14-15-16-17-18-19-20-21-22-23-40(47)45-32-34-50-35-33-46-42(49)43(2,3)51-39-30-26-37(27-31-39)41(48)36-24-28-38(44)29-25-36/h5-6,8-9,11-12,17-18,20-21,24-31H,4,7,10,13-16,19,22-23,32-35H2,1-3H3,(H,45,47)(H,46,49)/b6-5-,9-8-,12-11-,18-17-,21-20-. The van der Waals surface area contributed by atoms with Crippen LogP contribution in [0.15, 0.2) is 109 Å². The third-order valence-corrected chi connectivity index (χ3v) is 7.91. The van der Waals surface area contributed by atoms with Crippen LogP contribution in [0.4, 0.5) is 0 Å². The summed E-state index contributed by atoms with van der Waals surface area (Å²) >= 11 is 5.91. The molecule has 2 aromatic carbocycles. The van der Waals surface area contributed by atoms with Crippen LogP contribution in [-0.2, 0) is 14.3 Å². The third-order valence-electron chi connectivity index (χ3n) is 7.66. The highest BCUT2D eigenvalue weighted by molar-refractivity contribution is 6.30. The number of ether oxygens (including phenoxy) is 2. The van der Waals surface area contributed by atoms with E-state index in [0.29, 0.717) is 61.0 Å². The van der Waals surface area contributed by atoms with Gasteiger partial charge in [-0.1, -0.05) is 79.3 Å². The Kier molecular flexibility index (Phi) is 22.4. The number of hydrogen-bond donors (Lipinski definition) is 2. The molecule has 2 aromatic rings. The molecule has 8 heteroatoms. The van der Waals surface area contributed by atoms with Gasteiger partial charge in [-0.25, -0.2) is 0 Å². The Balaban J connectivity index is 1.45. The fourth-order valence-corrected chi connectivity index (χ4v) is 4.88. The third kappa shape index (κ3) is 20.3. The Bertz CT molecular complexity index is 1440. The number of amides is 2. The number of halogens is 1. The van der Waals surface area contributed by atoms with Crippen LogP contribution in [0.1, 0.15) is 101 Å². The number of benzene rings is 2. The number of ketones is 1. The minimum Gasteiger partial charge on any atom is -0.478 e. The maximum atomic E-state index is 12.7. The lowest BCUT2D eigenvalue weighted by Crippen LogP contribution is -2.47. The molecule has 0 unspecified atom stereocenters. The molecule has 0 saturated carbocycles. The maximum absolute atomic E-state index is 12.7. The van der Waals surface area contributed by atoms with Gasteiger partial charge in [0, 0.05) is 35.7 Å². The van der Waals surface area contributed by atoms with Crippen molar-refractivity contribution >= 4 is 29.2 Å². The largest absolute Gasteiger partial charge is 0.478 e. The number of carbonyl (C=O) groups excluding carboxylic acids is 3. The summed E-state index contributed by atoms with van der Waals surface area (Å²) in [6.45, 7) is 6.88. The Morgan fingerprint density at radius 3 is 1.73 bits per heavy atom. The summed E-state index contributed by atoms with van der Waals surface area (Å²) in [4.78, 5) is 37.5. The van der Waals surface area contributed by atoms with Crippen molar-refractivity contribution in [2.24, 2.45) is 0 Å². The smallest absolute Gasteiger partial charge is 0.263 e. The van der Waals surface area contributed by atoms with Crippen LogP contribution in [0.2, 0.25) is 5.02 Å². The van der Waals surface area contributed by atoms with E-state index in [1.165, 1.54) is 12.8 Å². The molecule has 2 amide bonds. The molecular weight excluding hydrogens is 660 g/mol. The van der Waals surface area contributed by atoms with E-state index in [-0.39, 0.29) is 17.6 Å².